The Morgan fingerprint density at radius 2 is 1.96 bits per heavy atom. The monoisotopic (exact) mass is 384 g/mol. The highest BCUT2D eigenvalue weighted by Gasteiger charge is 2.21. The standard InChI is InChI=1S/C20H18Cl2N4/c21-14-9-10-17-15(11-14)20(13-5-2-1-3-6-13)23-12-19(24-17)26-25-18-8-4-7-16(18)22/h1-3,5-6,9-11,16H,4,7-8,12H2,(H,24,26)/b25-18-. The van der Waals surface area contributed by atoms with Crippen LogP contribution < -0.4 is 5.43 Å². The molecule has 2 aliphatic rings. The van der Waals surface area contributed by atoms with Crippen LogP contribution in [0.15, 0.2) is 63.6 Å². The largest absolute Gasteiger partial charge is 0.276 e. The Balaban J connectivity index is 1.70. The molecule has 1 atom stereocenters. The molecular weight excluding hydrogens is 367 g/mol. The summed E-state index contributed by atoms with van der Waals surface area (Å²) in [4.78, 5) is 9.51. The van der Waals surface area contributed by atoms with Gasteiger partial charge in [-0.3, -0.25) is 10.4 Å². The predicted molar refractivity (Wildman–Crippen MR) is 110 cm³/mol. The highest BCUT2D eigenvalue weighted by Crippen LogP contribution is 2.28. The van der Waals surface area contributed by atoms with Crippen molar-refractivity contribution in [2.24, 2.45) is 15.1 Å². The Hall–Kier alpha value is -2.17. The Morgan fingerprint density at radius 1 is 1.12 bits per heavy atom. The van der Waals surface area contributed by atoms with Crippen LogP contribution in [-0.2, 0) is 0 Å². The van der Waals surface area contributed by atoms with Crippen LogP contribution in [0.25, 0.3) is 0 Å². The van der Waals surface area contributed by atoms with Crippen molar-refractivity contribution in [2.45, 2.75) is 24.6 Å². The lowest BCUT2D eigenvalue weighted by molar-refractivity contribution is 0.889. The first kappa shape index (κ1) is 17.3. The number of benzene rings is 2. The van der Waals surface area contributed by atoms with Crippen LogP contribution in [0.2, 0.25) is 5.02 Å². The first-order valence-electron chi connectivity index (χ1n) is 8.64. The van der Waals surface area contributed by atoms with Gasteiger partial charge in [0.15, 0.2) is 0 Å². The van der Waals surface area contributed by atoms with Gasteiger partial charge < -0.3 is 0 Å². The quantitative estimate of drug-likeness (QED) is 0.577. The molecule has 4 nitrogen and oxygen atoms in total. The van der Waals surface area contributed by atoms with Crippen LogP contribution in [0.5, 0.6) is 0 Å². The van der Waals surface area contributed by atoms with Crippen LogP contribution in [0.1, 0.15) is 30.4 Å². The number of nitrogens with one attached hydrogen (secondary N) is 1. The maximum atomic E-state index is 6.28. The molecule has 1 aliphatic heterocycles. The van der Waals surface area contributed by atoms with Crippen molar-refractivity contribution >= 4 is 46.1 Å². The Labute approximate surface area is 162 Å². The number of hydrogen-bond acceptors (Lipinski definition) is 4. The number of hydrazone groups is 1. The van der Waals surface area contributed by atoms with E-state index in [1.54, 1.807) is 0 Å². The second kappa shape index (κ2) is 7.60. The lowest BCUT2D eigenvalue weighted by atomic mass is 10.0. The third-order valence-electron chi connectivity index (χ3n) is 4.48. The van der Waals surface area contributed by atoms with E-state index in [1.165, 1.54) is 0 Å². The number of alkyl halides is 1. The lowest BCUT2D eigenvalue weighted by Gasteiger charge is -2.08. The van der Waals surface area contributed by atoms with Gasteiger partial charge in [0, 0.05) is 16.1 Å². The molecule has 0 amide bonds. The third-order valence-corrected chi connectivity index (χ3v) is 5.19. The summed E-state index contributed by atoms with van der Waals surface area (Å²) in [5.41, 5.74) is 7.73. The number of hydrogen-bond donors (Lipinski definition) is 1. The molecule has 4 rings (SSSR count). The minimum atomic E-state index is 0.0170. The molecule has 1 N–H and O–H groups in total. The molecule has 0 radical (unpaired) electrons. The van der Waals surface area contributed by atoms with Gasteiger partial charge >= 0.3 is 0 Å². The zero-order chi connectivity index (χ0) is 17.9. The highest BCUT2D eigenvalue weighted by molar-refractivity contribution is 6.33. The molecule has 0 spiro atoms. The maximum absolute atomic E-state index is 6.28. The Bertz CT molecular complexity index is 903. The minimum absolute atomic E-state index is 0.0170. The van der Waals surface area contributed by atoms with E-state index in [4.69, 9.17) is 33.2 Å². The molecule has 6 heteroatoms. The van der Waals surface area contributed by atoms with Crippen molar-refractivity contribution in [3.05, 3.63) is 64.7 Å². The van der Waals surface area contributed by atoms with Crippen molar-refractivity contribution in [2.75, 3.05) is 6.54 Å². The van der Waals surface area contributed by atoms with E-state index in [9.17, 15) is 0 Å². The molecule has 1 aliphatic carbocycles. The van der Waals surface area contributed by atoms with Gasteiger partial charge in [0.25, 0.3) is 0 Å². The SMILES string of the molecule is Clc1ccc2c(c1)C(c1ccccc1)=NCC(N/N=C1/CCCC1Cl)=N2. The number of halogens is 2. The van der Waals surface area contributed by atoms with Gasteiger partial charge in [-0.15, -0.1) is 11.6 Å². The zero-order valence-corrected chi connectivity index (χ0v) is 15.6. The van der Waals surface area contributed by atoms with E-state index in [-0.39, 0.29) is 5.38 Å². The molecule has 26 heavy (non-hydrogen) atoms. The van der Waals surface area contributed by atoms with E-state index in [0.717, 1.165) is 47.5 Å². The van der Waals surface area contributed by atoms with Crippen molar-refractivity contribution in [1.82, 2.24) is 5.43 Å². The molecule has 1 saturated carbocycles. The van der Waals surface area contributed by atoms with Crippen LogP contribution in [-0.4, -0.2) is 29.2 Å². The molecule has 1 heterocycles. The van der Waals surface area contributed by atoms with E-state index >= 15 is 0 Å². The van der Waals surface area contributed by atoms with Gasteiger partial charge in [-0.1, -0.05) is 41.9 Å². The first-order chi connectivity index (χ1) is 12.7. The molecule has 0 bridgehead atoms. The summed E-state index contributed by atoms with van der Waals surface area (Å²) in [6.07, 6.45) is 2.99. The summed E-state index contributed by atoms with van der Waals surface area (Å²) in [5.74, 6) is 0.697. The second-order valence-corrected chi connectivity index (χ2v) is 7.29. The average molecular weight is 385 g/mol. The van der Waals surface area contributed by atoms with Crippen molar-refractivity contribution < 1.29 is 0 Å². The average Bonchev–Trinajstić information content (AvgIpc) is 2.98. The summed E-state index contributed by atoms with van der Waals surface area (Å²) < 4.78 is 0. The third kappa shape index (κ3) is 3.67. The topological polar surface area (TPSA) is 49.1 Å². The lowest BCUT2D eigenvalue weighted by Crippen LogP contribution is -2.23. The smallest absolute Gasteiger partial charge is 0.144 e. The molecule has 1 unspecified atom stereocenters. The molecular formula is C20H18Cl2N4. The van der Waals surface area contributed by atoms with Crippen molar-refractivity contribution in [3.8, 4) is 0 Å². The number of aliphatic imine (C=N–C) groups is 2. The molecule has 2 aromatic carbocycles. The normalized spacial score (nSPS) is 21.0. The van der Waals surface area contributed by atoms with Crippen molar-refractivity contribution in [1.29, 1.82) is 0 Å². The molecule has 132 valence electrons. The van der Waals surface area contributed by atoms with Crippen LogP contribution in [0.4, 0.5) is 5.69 Å². The maximum Gasteiger partial charge on any atom is 0.144 e. The molecule has 2 aromatic rings. The minimum Gasteiger partial charge on any atom is -0.276 e. The highest BCUT2D eigenvalue weighted by atomic mass is 35.5. The fraction of sp³-hybridized carbons (Fsp3) is 0.250. The molecule has 0 aromatic heterocycles. The Kier molecular flexibility index (Phi) is 5.05. The van der Waals surface area contributed by atoms with Crippen LogP contribution >= 0.6 is 23.2 Å². The number of fused-ring (bicyclic) bond motifs is 1. The summed E-state index contributed by atoms with van der Waals surface area (Å²) in [6, 6.07) is 15.7. The number of amidine groups is 1. The van der Waals surface area contributed by atoms with Crippen LogP contribution in [0.3, 0.4) is 0 Å². The summed E-state index contributed by atoms with van der Waals surface area (Å²) in [7, 11) is 0. The number of rotatable bonds is 2. The van der Waals surface area contributed by atoms with Gasteiger partial charge in [-0.2, -0.15) is 5.10 Å². The number of nitrogens with zero attached hydrogens (tertiary/aromatic N) is 3. The van der Waals surface area contributed by atoms with E-state index in [0.29, 0.717) is 17.4 Å². The predicted octanol–water partition coefficient (Wildman–Crippen LogP) is 4.96. The van der Waals surface area contributed by atoms with Crippen LogP contribution in [0, 0.1) is 0 Å². The summed E-state index contributed by atoms with van der Waals surface area (Å²) in [5, 5.41) is 5.15. The molecule has 0 saturated heterocycles. The second-order valence-electron chi connectivity index (χ2n) is 6.33. The van der Waals surface area contributed by atoms with Crippen molar-refractivity contribution in [3.63, 3.8) is 0 Å². The van der Waals surface area contributed by atoms with Gasteiger partial charge in [0.1, 0.15) is 5.84 Å². The van der Waals surface area contributed by atoms with Gasteiger partial charge in [0.2, 0.25) is 0 Å². The Morgan fingerprint density at radius 3 is 2.73 bits per heavy atom. The van der Waals surface area contributed by atoms with Gasteiger partial charge in [-0.25, -0.2) is 4.99 Å². The van der Waals surface area contributed by atoms with E-state index in [1.807, 2.05) is 48.5 Å². The summed E-state index contributed by atoms with van der Waals surface area (Å²) >= 11 is 12.5. The zero-order valence-electron chi connectivity index (χ0n) is 14.1. The first-order valence-corrected chi connectivity index (χ1v) is 9.46. The fourth-order valence-electron chi connectivity index (χ4n) is 3.17. The van der Waals surface area contributed by atoms with Gasteiger partial charge in [-0.05, 0) is 37.5 Å². The fourth-order valence-corrected chi connectivity index (χ4v) is 3.65. The van der Waals surface area contributed by atoms with E-state index < -0.39 is 0 Å². The van der Waals surface area contributed by atoms with E-state index in [2.05, 4.69) is 10.5 Å². The summed E-state index contributed by atoms with van der Waals surface area (Å²) in [6.45, 7) is 0.417. The molecule has 1 fully saturated rings. The van der Waals surface area contributed by atoms with Gasteiger partial charge in [0.05, 0.1) is 29.0 Å².